The maximum Gasteiger partial charge on any atom is 0.140 e. The van der Waals surface area contributed by atoms with Crippen molar-refractivity contribution in [2.45, 2.75) is 6.42 Å². The van der Waals surface area contributed by atoms with Gasteiger partial charge in [-0.2, -0.15) is 0 Å². The molecule has 1 aromatic carbocycles. The van der Waals surface area contributed by atoms with Crippen LogP contribution in [0.5, 0.6) is 0 Å². The number of benzene rings is 1. The molecule has 2 nitrogen and oxygen atoms in total. The maximum atomic E-state index is 10.2. The van der Waals surface area contributed by atoms with Gasteiger partial charge in [0, 0.05) is 0 Å². The van der Waals surface area contributed by atoms with E-state index in [1.165, 1.54) is 0 Å². The molecule has 0 N–H and O–H groups in total. The third-order valence-electron chi connectivity index (χ3n) is 1.43. The average Bonchev–Trinajstić information content (AvgIpc) is 2.03. The van der Waals surface area contributed by atoms with Crippen LogP contribution >= 0.6 is 0 Å². The van der Waals surface area contributed by atoms with Gasteiger partial charge in [-0.25, -0.2) is 8.42 Å². The van der Waals surface area contributed by atoms with Gasteiger partial charge in [-0.05, 0) is 12.0 Å². The van der Waals surface area contributed by atoms with E-state index in [1.54, 1.807) is 0 Å². The molecule has 0 radical (unpaired) electrons. The van der Waals surface area contributed by atoms with Crippen LogP contribution in [0.2, 0.25) is 0 Å². The molecule has 0 saturated heterocycles. The van der Waals surface area contributed by atoms with Crippen molar-refractivity contribution in [2.24, 2.45) is 0 Å². The van der Waals surface area contributed by atoms with E-state index in [-0.39, 0.29) is 28.3 Å². The van der Waals surface area contributed by atoms with Gasteiger partial charge in [0.1, 0.15) is 10.7 Å². The van der Waals surface area contributed by atoms with Crippen LogP contribution in [0.15, 0.2) is 30.3 Å². The second kappa shape index (κ2) is 13.0. The van der Waals surface area contributed by atoms with Crippen molar-refractivity contribution in [3.63, 3.8) is 0 Å². The van der Waals surface area contributed by atoms with Gasteiger partial charge in [0.25, 0.3) is 0 Å². The van der Waals surface area contributed by atoms with Crippen molar-refractivity contribution >= 4 is 19.1 Å². The van der Waals surface area contributed by atoms with E-state index in [0.717, 1.165) is 5.56 Å². The van der Waals surface area contributed by atoms with E-state index >= 15 is 0 Å². The Kier molecular flexibility index (Phi) is 20.6. The van der Waals surface area contributed by atoms with E-state index in [2.05, 4.69) is 0 Å². The molecular formula is C8H16BF3O2S. The van der Waals surface area contributed by atoms with Gasteiger partial charge in [0.05, 0.1) is 14.2 Å². The van der Waals surface area contributed by atoms with Gasteiger partial charge in [-0.3, -0.25) is 14.1 Å². The SMILES string of the molecule is B.F.F.F.O=[SH](=O)CCc1ccccc1. The van der Waals surface area contributed by atoms with Crippen molar-refractivity contribution < 1.29 is 22.5 Å². The Balaban J connectivity index is -0.000000151. The van der Waals surface area contributed by atoms with Gasteiger partial charge < -0.3 is 0 Å². The number of thiol groups is 1. The third kappa shape index (κ3) is 10.9. The summed E-state index contributed by atoms with van der Waals surface area (Å²) in [5.74, 6) is 0.249. The Labute approximate surface area is 90.3 Å². The minimum absolute atomic E-state index is 0. The molecule has 0 heterocycles. The first-order chi connectivity index (χ1) is 5.29. The molecule has 0 fully saturated rings. The van der Waals surface area contributed by atoms with Crippen LogP contribution in [0.1, 0.15) is 5.56 Å². The lowest BCUT2D eigenvalue weighted by Crippen LogP contribution is -1.92. The molecule has 0 saturated carbocycles. The van der Waals surface area contributed by atoms with Crippen LogP contribution in [0, 0.1) is 0 Å². The van der Waals surface area contributed by atoms with Gasteiger partial charge in [0.2, 0.25) is 0 Å². The summed E-state index contributed by atoms with van der Waals surface area (Å²) in [7, 11) is -2.22. The van der Waals surface area contributed by atoms with Gasteiger partial charge in [-0.15, -0.1) is 0 Å². The lowest BCUT2D eigenvalue weighted by atomic mass is 10.2. The van der Waals surface area contributed by atoms with Crippen LogP contribution in [-0.4, -0.2) is 22.6 Å². The number of halogens is 3. The van der Waals surface area contributed by atoms with Crippen molar-refractivity contribution in [3.05, 3.63) is 35.9 Å². The average molecular weight is 244 g/mol. The number of rotatable bonds is 3. The van der Waals surface area contributed by atoms with E-state index < -0.39 is 10.7 Å². The summed E-state index contributed by atoms with van der Waals surface area (Å²) in [4.78, 5) is 0. The summed E-state index contributed by atoms with van der Waals surface area (Å²) in [5, 5.41) is 0. The van der Waals surface area contributed by atoms with E-state index in [4.69, 9.17) is 0 Å². The fourth-order valence-electron chi connectivity index (χ4n) is 0.865. The van der Waals surface area contributed by atoms with E-state index in [0.29, 0.717) is 6.42 Å². The predicted molar refractivity (Wildman–Crippen MR) is 62.8 cm³/mol. The quantitative estimate of drug-likeness (QED) is 0.605. The zero-order valence-electron chi connectivity index (χ0n) is 7.29. The molecule has 0 unspecified atom stereocenters. The van der Waals surface area contributed by atoms with Crippen LogP contribution in [0.3, 0.4) is 0 Å². The molecule has 15 heavy (non-hydrogen) atoms. The molecule has 0 aliphatic rings. The highest BCUT2D eigenvalue weighted by atomic mass is 32.2. The monoisotopic (exact) mass is 244 g/mol. The molecule has 1 aromatic rings. The van der Waals surface area contributed by atoms with Gasteiger partial charge in [-0.1, -0.05) is 30.3 Å². The smallest absolute Gasteiger partial charge is 0.140 e. The Hall–Kier alpha value is -0.975. The first-order valence-corrected chi connectivity index (χ1v) is 4.81. The summed E-state index contributed by atoms with van der Waals surface area (Å²) in [5.41, 5.74) is 1.08. The molecule has 0 amide bonds. The summed E-state index contributed by atoms with van der Waals surface area (Å²) in [6.45, 7) is 0. The van der Waals surface area contributed by atoms with Crippen LogP contribution < -0.4 is 0 Å². The van der Waals surface area contributed by atoms with Gasteiger partial charge >= 0.3 is 0 Å². The first-order valence-electron chi connectivity index (χ1n) is 3.45. The minimum atomic E-state index is -2.22. The number of aryl methyl sites for hydroxylation is 1. The number of hydrogen-bond donors (Lipinski definition) is 1. The zero-order valence-corrected chi connectivity index (χ0v) is 8.18. The summed E-state index contributed by atoms with van der Waals surface area (Å²) in [6.07, 6.45) is 0.625. The zero-order chi connectivity index (χ0) is 8.10. The second-order valence-electron chi connectivity index (χ2n) is 2.29. The lowest BCUT2D eigenvalue weighted by Gasteiger charge is -1.93. The highest BCUT2D eigenvalue weighted by Gasteiger charge is 1.91. The molecular weight excluding hydrogens is 228 g/mol. The third-order valence-corrected chi connectivity index (χ3v) is 2.01. The van der Waals surface area contributed by atoms with E-state index in [1.807, 2.05) is 30.3 Å². The van der Waals surface area contributed by atoms with Crippen molar-refractivity contribution in [1.82, 2.24) is 0 Å². The Morgan fingerprint density at radius 2 is 1.40 bits per heavy atom. The molecule has 0 aromatic heterocycles. The molecule has 0 aliphatic heterocycles. The molecule has 0 spiro atoms. The summed E-state index contributed by atoms with van der Waals surface area (Å²) < 4.78 is 20.4. The van der Waals surface area contributed by atoms with Crippen LogP contribution in [-0.2, 0) is 17.1 Å². The Bertz CT molecular complexity index is 285. The highest BCUT2D eigenvalue weighted by Crippen LogP contribution is 1.98. The fraction of sp³-hybridized carbons (Fsp3) is 0.250. The van der Waals surface area contributed by atoms with Crippen LogP contribution in [0.25, 0.3) is 0 Å². The Morgan fingerprint density at radius 3 is 1.80 bits per heavy atom. The van der Waals surface area contributed by atoms with Crippen molar-refractivity contribution in [1.29, 1.82) is 0 Å². The van der Waals surface area contributed by atoms with Crippen molar-refractivity contribution in [3.8, 4) is 0 Å². The maximum absolute atomic E-state index is 10.2. The molecule has 0 aliphatic carbocycles. The lowest BCUT2D eigenvalue weighted by molar-refractivity contribution is 0.614. The Morgan fingerprint density at radius 1 is 0.933 bits per heavy atom. The van der Waals surface area contributed by atoms with Crippen molar-refractivity contribution in [2.75, 3.05) is 5.75 Å². The largest absolute Gasteiger partial charge is 0.269 e. The molecule has 1 rings (SSSR count). The van der Waals surface area contributed by atoms with E-state index in [9.17, 15) is 8.42 Å². The van der Waals surface area contributed by atoms with Gasteiger partial charge in [0.15, 0.2) is 0 Å². The number of hydrogen-bond acceptors (Lipinski definition) is 2. The highest BCUT2D eigenvalue weighted by molar-refractivity contribution is 7.72. The normalized spacial score (nSPS) is 7.53. The van der Waals surface area contributed by atoms with Crippen LogP contribution in [0.4, 0.5) is 14.1 Å². The predicted octanol–water partition coefficient (Wildman–Crippen LogP) is 0.114. The second-order valence-corrected chi connectivity index (χ2v) is 3.40. The topological polar surface area (TPSA) is 34.1 Å². The molecule has 0 atom stereocenters. The minimum Gasteiger partial charge on any atom is -0.269 e. The fourth-order valence-corrected chi connectivity index (χ4v) is 1.31. The summed E-state index contributed by atoms with van der Waals surface area (Å²) >= 11 is 0. The first kappa shape index (κ1) is 23.7. The molecule has 7 heteroatoms. The molecule has 0 bridgehead atoms. The summed E-state index contributed by atoms with van der Waals surface area (Å²) in [6, 6.07) is 9.60. The molecule has 90 valence electrons. The standard InChI is InChI=1S/C8H10O2S.BH3.3FH/c9-11(10)7-6-8-4-2-1-3-5-8;;;;/h1-5,11H,6-7H2;1H3;3*1H.